The second-order valence-electron chi connectivity index (χ2n) is 4.09. The maximum absolute atomic E-state index is 8.91. The molecule has 2 heteroatoms. The van der Waals surface area contributed by atoms with Gasteiger partial charge in [-0.25, -0.2) is 0 Å². The first-order valence-corrected chi connectivity index (χ1v) is 5.18. The molecule has 0 radical (unpaired) electrons. The highest BCUT2D eigenvalue weighted by Crippen LogP contribution is 2.27. The molecule has 1 unspecified atom stereocenters. The highest BCUT2D eigenvalue weighted by Gasteiger charge is 2.19. The van der Waals surface area contributed by atoms with E-state index in [9.17, 15) is 0 Å². The molecule has 1 aliphatic carbocycles. The van der Waals surface area contributed by atoms with E-state index in [1.165, 1.54) is 11.1 Å². The Hall–Kier alpha value is -0.860. The molecular formula is C12H16O2. The Balaban J connectivity index is 2.06. The lowest BCUT2D eigenvalue weighted by Gasteiger charge is -2.24. The minimum atomic E-state index is -1.15. The molecule has 0 amide bonds. The number of fused-ring (bicyclic) bond motifs is 1. The van der Waals surface area contributed by atoms with Crippen LogP contribution in [0.4, 0.5) is 0 Å². The van der Waals surface area contributed by atoms with Crippen molar-refractivity contribution >= 4 is 0 Å². The molecule has 0 saturated carbocycles. The van der Waals surface area contributed by atoms with Crippen LogP contribution in [0.3, 0.4) is 0 Å². The largest absolute Gasteiger partial charge is 0.368 e. The van der Waals surface area contributed by atoms with Crippen molar-refractivity contribution in [1.82, 2.24) is 0 Å². The topological polar surface area (TPSA) is 40.5 Å². The predicted octanol–water partition coefficient (Wildman–Crippen LogP) is 1.49. The molecule has 1 aliphatic rings. The van der Waals surface area contributed by atoms with E-state index in [4.69, 9.17) is 10.2 Å². The SMILES string of the molecule is OC(O)CC1CCc2ccccc2C1. The van der Waals surface area contributed by atoms with Gasteiger partial charge in [-0.05, 0) is 36.3 Å². The van der Waals surface area contributed by atoms with E-state index in [1.807, 2.05) is 0 Å². The summed E-state index contributed by atoms with van der Waals surface area (Å²) in [6.07, 6.45) is 2.51. The Bertz CT molecular complexity index is 307. The Kier molecular flexibility index (Phi) is 2.85. The molecule has 1 atom stereocenters. The van der Waals surface area contributed by atoms with E-state index in [1.54, 1.807) is 0 Å². The number of hydrogen-bond donors (Lipinski definition) is 2. The summed E-state index contributed by atoms with van der Waals surface area (Å²) in [5.41, 5.74) is 2.81. The molecular weight excluding hydrogens is 176 g/mol. The summed E-state index contributed by atoms with van der Waals surface area (Å²) in [5.74, 6) is 0.435. The molecule has 2 rings (SSSR count). The van der Waals surface area contributed by atoms with Crippen LogP contribution in [0.25, 0.3) is 0 Å². The summed E-state index contributed by atoms with van der Waals surface area (Å²) in [4.78, 5) is 0. The van der Waals surface area contributed by atoms with Crippen LogP contribution in [0.1, 0.15) is 24.0 Å². The minimum absolute atomic E-state index is 0.435. The molecule has 0 fully saturated rings. The highest BCUT2D eigenvalue weighted by molar-refractivity contribution is 5.29. The number of benzene rings is 1. The van der Waals surface area contributed by atoms with Crippen LogP contribution >= 0.6 is 0 Å². The van der Waals surface area contributed by atoms with Crippen LogP contribution in [-0.4, -0.2) is 16.5 Å². The molecule has 0 aromatic heterocycles. The van der Waals surface area contributed by atoms with Crippen molar-refractivity contribution < 1.29 is 10.2 Å². The van der Waals surface area contributed by atoms with E-state index in [2.05, 4.69) is 24.3 Å². The van der Waals surface area contributed by atoms with Crippen LogP contribution in [0.5, 0.6) is 0 Å². The number of hydrogen-bond acceptors (Lipinski definition) is 2. The zero-order valence-electron chi connectivity index (χ0n) is 8.19. The van der Waals surface area contributed by atoms with Gasteiger partial charge in [0.25, 0.3) is 0 Å². The maximum Gasteiger partial charge on any atom is 0.151 e. The third-order valence-electron chi connectivity index (χ3n) is 2.99. The zero-order chi connectivity index (χ0) is 9.97. The summed E-state index contributed by atoms with van der Waals surface area (Å²) < 4.78 is 0. The number of aryl methyl sites for hydroxylation is 1. The fourth-order valence-corrected chi connectivity index (χ4v) is 2.27. The first-order valence-electron chi connectivity index (χ1n) is 5.18. The summed E-state index contributed by atoms with van der Waals surface area (Å²) in [6.45, 7) is 0. The lowest BCUT2D eigenvalue weighted by atomic mass is 9.82. The summed E-state index contributed by atoms with van der Waals surface area (Å²) in [5, 5.41) is 17.8. The molecule has 0 aliphatic heterocycles. The Morgan fingerprint density at radius 2 is 1.93 bits per heavy atom. The van der Waals surface area contributed by atoms with Crippen molar-refractivity contribution in [3.8, 4) is 0 Å². The number of aliphatic hydroxyl groups is 2. The van der Waals surface area contributed by atoms with Gasteiger partial charge in [0.15, 0.2) is 6.29 Å². The molecule has 14 heavy (non-hydrogen) atoms. The summed E-state index contributed by atoms with van der Waals surface area (Å²) >= 11 is 0. The third kappa shape index (κ3) is 2.14. The first kappa shape index (κ1) is 9.69. The van der Waals surface area contributed by atoms with Gasteiger partial charge in [-0.15, -0.1) is 0 Å². The van der Waals surface area contributed by atoms with Crippen molar-refractivity contribution in [2.24, 2.45) is 5.92 Å². The zero-order valence-corrected chi connectivity index (χ0v) is 8.19. The normalized spacial score (nSPS) is 20.9. The fraction of sp³-hybridized carbons (Fsp3) is 0.500. The van der Waals surface area contributed by atoms with Gasteiger partial charge >= 0.3 is 0 Å². The van der Waals surface area contributed by atoms with E-state index >= 15 is 0 Å². The lowest BCUT2D eigenvalue weighted by Crippen LogP contribution is -2.19. The minimum Gasteiger partial charge on any atom is -0.368 e. The highest BCUT2D eigenvalue weighted by atomic mass is 16.5. The van der Waals surface area contributed by atoms with E-state index in [0.29, 0.717) is 12.3 Å². The van der Waals surface area contributed by atoms with Gasteiger partial charge < -0.3 is 10.2 Å². The van der Waals surface area contributed by atoms with Gasteiger partial charge in [-0.1, -0.05) is 24.3 Å². The monoisotopic (exact) mass is 192 g/mol. The summed E-state index contributed by atoms with van der Waals surface area (Å²) in [6, 6.07) is 8.43. The van der Waals surface area contributed by atoms with Crippen LogP contribution < -0.4 is 0 Å². The molecule has 0 saturated heterocycles. The van der Waals surface area contributed by atoms with Gasteiger partial charge in [0.1, 0.15) is 0 Å². The summed E-state index contributed by atoms with van der Waals surface area (Å²) in [7, 11) is 0. The van der Waals surface area contributed by atoms with Crippen molar-refractivity contribution in [1.29, 1.82) is 0 Å². The molecule has 0 spiro atoms. The van der Waals surface area contributed by atoms with Crippen LogP contribution in [0.15, 0.2) is 24.3 Å². The van der Waals surface area contributed by atoms with Gasteiger partial charge in [0.05, 0.1) is 0 Å². The average Bonchev–Trinajstić information content (AvgIpc) is 2.17. The molecule has 1 aromatic carbocycles. The van der Waals surface area contributed by atoms with Crippen molar-refractivity contribution in [2.75, 3.05) is 0 Å². The Morgan fingerprint density at radius 3 is 2.64 bits per heavy atom. The van der Waals surface area contributed by atoms with Crippen LogP contribution in [-0.2, 0) is 12.8 Å². The average molecular weight is 192 g/mol. The van der Waals surface area contributed by atoms with Crippen molar-refractivity contribution in [3.05, 3.63) is 35.4 Å². The first-order chi connectivity index (χ1) is 6.75. The third-order valence-corrected chi connectivity index (χ3v) is 2.99. The Labute approximate surface area is 84.2 Å². The smallest absolute Gasteiger partial charge is 0.151 e. The van der Waals surface area contributed by atoms with Crippen molar-refractivity contribution in [3.63, 3.8) is 0 Å². The molecule has 0 heterocycles. The van der Waals surface area contributed by atoms with E-state index < -0.39 is 6.29 Å². The molecule has 2 N–H and O–H groups in total. The second kappa shape index (κ2) is 4.11. The van der Waals surface area contributed by atoms with Crippen LogP contribution in [0.2, 0.25) is 0 Å². The van der Waals surface area contributed by atoms with Gasteiger partial charge in [-0.2, -0.15) is 0 Å². The maximum atomic E-state index is 8.91. The van der Waals surface area contributed by atoms with E-state index in [-0.39, 0.29) is 0 Å². The lowest BCUT2D eigenvalue weighted by molar-refractivity contribution is -0.0569. The second-order valence-corrected chi connectivity index (χ2v) is 4.09. The van der Waals surface area contributed by atoms with Gasteiger partial charge in [-0.3, -0.25) is 0 Å². The van der Waals surface area contributed by atoms with Crippen molar-refractivity contribution in [2.45, 2.75) is 32.0 Å². The molecule has 2 nitrogen and oxygen atoms in total. The number of aliphatic hydroxyl groups excluding tert-OH is 1. The van der Waals surface area contributed by atoms with Gasteiger partial charge in [0, 0.05) is 6.42 Å². The predicted molar refractivity (Wildman–Crippen MR) is 54.8 cm³/mol. The standard InChI is InChI=1S/C12H16O2/c13-12(14)8-9-5-6-10-3-1-2-4-11(10)7-9/h1-4,9,12-14H,5-8H2. The Morgan fingerprint density at radius 1 is 1.21 bits per heavy atom. The fourth-order valence-electron chi connectivity index (χ4n) is 2.27. The quantitative estimate of drug-likeness (QED) is 0.697. The molecule has 76 valence electrons. The molecule has 0 bridgehead atoms. The van der Waals surface area contributed by atoms with Crippen LogP contribution in [0, 0.1) is 5.92 Å². The molecule has 1 aromatic rings. The van der Waals surface area contributed by atoms with Gasteiger partial charge in [0.2, 0.25) is 0 Å². The van der Waals surface area contributed by atoms with E-state index in [0.717, 1.165) is 19.3 Å². The number of rotatable bonds is 2.